The number of carbonyl (C=O) groups is 1. The Kier molecular flexibility index (Phi) is 2.96. The molecule has 80 valence electrons. The zero-order chi connectivity index (χ0) is 10.8. The molecule has 1 N–H and O–H groups in total. The Labute approximate surface area is 94.6 Å². The van der Waals surface area contributed by atoms with Gasteiger partial charge in [0, 0.05) is 17.5 Å². The summed E-state index contributed by atoms with van der Waals surface area (Å²) < 4.78 is 0. The molecule has 1 aromatic rings. The third-order valence-corrected chi connectivity index (χ3v) is 3.23. The molecule has 0 bridgehead atoms. The van der Waals surface area contributed by atoms with Gasteiger partial charge in [0.1, 0.15) is 0 Å². The monoisotopic (exact) mass is 223 g/mol. The van der Waals surface area contributed by atoms with Crippen LogP contribution in [0, 0.1) is 11.8 Å². The van der Waals surface area contributed by atoms with Gasteiger partial charge < -0.3 is 5.32 Å². The van der Waals surface area contributed by atoms with Crippen molar-refractivity contribution in [3.63, 3.8) is 0 Å². The molecular formula is C12H14ClNO. The van der Waals surface area contributed by atoms with Crippen molar-refractivity contribution in [1.29, 1.82) is 0 Å². The van der Waals surface area contributed by atoms with Crippen LogP contribution in [0.15, 0.2) is 24.3 Å². The fourth-order valence-electron chi connectivity index (χ4n) is 1.64. The van der Waals surface area contributed by atoms with Gasteiger partial charge in [0.2, 0.25) is 5.91 Å². The number of hydrogen-bond donors (Lipinski definition) is 1. The lowest BCUT2D eigenvalue weighted by atomic mass is 10.2. The molecule has 2 nitrogen and oxygen atoms in total. The first-order chi connectivity index (χ1) is 7.18. The van der Waals surface area contributed by atoms with Gasteiger partial charge in [0.15, 0.2) is 0 Å². The van der Waals surface area contributed by atoms with E-state index in [-0.39, 0.29) is 11.8 Å². The van der Waals surface area contributed by atoms with Crippen LogP contribution in [0.25, 0.3) is 0 Å². The molecule has 0 unspecified atom stereocenters. The Morgan fingerprint density at radius 1 is 1.53 bits per heavy atom. The summed E-state index contributed by atoms with van der Waals surface area (Å²) in [5.74, 6) is 0.936. The molecule has 0 saturated heterocycles. The van der Waals surface area contributed by atoms with Gasteiger partial charge >= 0.3 is 0 Å². The highest BCUT2D eigenvalue weighted by molar-refractivity contribution is 6.31. The number of halogens is 1. The lowest BCUT2D eigenvalue weighted by molar-refractivity contribution is -0.122. The largest absolute Gasteiger partial charge is 0.352 e. The fraction of sp³-hybridized carbons (Fsp3) is 0.417. The van der Waals surface area contributed by atoms with Crippen LogP contribution >= 0.6 is 11.6 Å². The van der Waals surface area contributed by atoms with Gasteiger partial charge in [-0.25, -0.2) is 0 Å². The van der Waals surface area contributed by atoms with E-state index in [1.807, 2.05) is 24.3 Å². The molecule has 0 aromatic heterocycles. The third-order valence-electron chi connectivity index (χ3n) is 2.86. The molecule has 1 aliphatic carbocycles. The molecule has 2 atom stereocenters. The number of rotatable bonds is 3. The normalized spacial score (nSPS) is 23.6. The molecule has 15 heavy (non-hydrogen) atoms. The second kappa shape index (κ2) is 4.23. The number of amides is 1. The summed E-state index contributed by atoms with van der Waals surface area (Å²) in [7, 11) is 0. The van der Waals surface area contributed by atoms with Crippen molar-refractivity contribution >= 4 is 17.5 Å². The number of nitrogens with one attached hydrogen (secondary N) is 1. The topological polar surface area (TPSA) is 29.1 Å². The minimum atomic E-state index is 0.155. The predicted octanol–water partition coefficient (Wildman–Crippen LogP) is 2.61. The smallest absolute Gasteiger partial charge is 0.223 e. The molecule has 0 heterocycles. The van der Waals surface area contributed by atoms with Crippen molar-refractivity contribution in [3.05, 3.63) is 34.9 Å². The Hall–Kier alpha value is -1.02. The van der Waals surface area contributed by atoms with Crippen molar-refractivity contribution in [2.24, 2.45) is 11.8 Å². The summed E-state index contributed by atoms with van der Waals surface area (Å²) >= 11 is 5.98. The van der Waals surface area contributed by atoms with Crippen LogP contribution in [0.1, 0.15) is 18.9 Å². The van der Waals surface area contributed by atoms with Gasteiger partial charge in [0.25, 0.3) is 0 Å². The Balaban J connectivity index is 1.88. The average molecular weight is 224 g/mol. The number of hydrogen-bond acceptors (Lipinski definition) is 1. The minimum absolute atomic E-state index is 0.155. The van der Waals surface area contributed by atoms with Gasteiger partial charge in [-0.2, -0.15) is 0 Å². The molecule has 3 heteroatoms. The summed E-state index contributed by atoms with van der Waals surface area (Å²) in [6.45, 7) is 2.63. The summed E-state index contributed by atoms with van der Waals surface area (Å²) in [5, 5.41) is 3.62. The molecule has 1 saturated carbocycles. The van der Waals surface area contributed by atoms with Crippen molar-refractivity contribution in [2.45, 2.75) is 19.9 Å². The maximum atomic E-state index is 11.5. The lowest BCUT2D eigenvalue weighted by Crippen LogP contribution is -2.24. The zero-order valence-electron chi connectivity index (χ0n) is 8.66. The first-order valence-electron chi connectivity index (χ1n) is 5.19. The molecule has 2 rings (SSSR count). The third kappa shape index (κ3) is 2.51. The molecule has 0 radical (unpaired) electrons. The predicted molar refractivity (Wildman–Crippen MR) is 60.6 cm³/mol. The first kappa shape index (κ1) is 10.5. The zero-order valence-corrected chi connectivity index (χ0v) is 9.42. The average Bonchev–Trinajstić information content (AvgIpc) is 2.94. The van der Waals surface area contributed by atoms with E-state index in [1.54, 1.807) is 0 Å². The van der Waals surface area contributed by atoms with E-state index in [0.29, 0.717) is 17.5 Å². The van der Waals surface area contributed by atoms with Gasteiger partial charge in [-0.15, -0.1) is 0 Å². The molecule has 1 aliphatic rings. The van der Waals surface area contributed by atoms with E-state index in [2.05, 4.69) is 12.2 Å². The van der Waals surface area contributed by atoms with Crippen molar-refractivity contribution < 1.29 is 4.79 Å². The maximum absolute atomic E-state index is 11.5. The molecular weight excluding hydrogens is 210 g/mol. The van der Waals surface area contributed by atoms with Crippen LogP contribution in [-0.2, 0) is 11.3 Å². The van der Waals surface area contributed by atoms with Crippen LogP contribution < -0.4 is 5.32 Å². The van der Waals surface area contributed by atoms with Crippen molar-refractivity contribution in [2.75, 3.05) is 0 Å². The highest BCUT2D eigenvalue weighted by Gasteiger charge is 2.38. The number of carbonyl (C=O) groups excluding carboxylic acids is 1. The Morgan fingerprint density at radius 3 is 2.80 bits per heavy atom. The second-order valence-electron chi connectivity index (χ2n) is 4.13. The van der Waals surface area contributed by atoms with Crippen LogP contribution in [0.2, 0.25) is 5.02 Å². The molecule has 0 spiro atoms. The van der Waals surface area contributed by atoms with E-state index >= 15 is 0 Å². The highest BCUT2D eigenvalue weighted by Crippen LogP contribution is 2.37. The second-order valence-corrected chi connectivity index (χ2v) is 4.54. The van der Waals surface area contributed by atoms with E-state index in [9.17, 15) is 4.79 Å². The van der Waals surface area contributed by atoms with Crippen molar-refractivity contribution in [3.8, 4) is 0 Å². The maximum Gasteiger partial charge on any atom is 0.223 e. The Morgan fingerprint density at radius 2 is 2.20 bits per heavy atom. The van der Waals surface area contributed by atoms with E-state index in [0.717, 1.165) is 12.0 Å². The van der Waals surface area contributed by atoms with Gasteiger partial charge in [0.05, 0.1) is 0 Å². The van der Waals surface area contributed by atoms with E-state index in [1.165, 1.54) is 0 Å². The quantitative estimate of drug-likeness (QED) is 0.839. The molecule has 1 aromatic carbocycles. The Bertz CT molecular complexity index is 378. The van der Waals surface area contributed by atoms with Gasteiger partial charge in [-0.1, -0.05) is 36.7 Å². The van der Waals surface area contributed by atoms with Crippen LogP contribution in [0.4, 0.5) is 0 Å². The summed E-state index contributed by atoms with van der Waals surface area (Å²) in [6.07, 6.45) is 1.02. The standard InChI is InChI=1S/C12H14ClNO/c1-8-6-10(8)12(15)14-7-9-4-2-3-5-11(9)13/h2-5,8,10H,6-7H2,1H3,(H,14,15)/t8-,10-/m1/s1. The van der Waals surface area contributed by atoms with E-state index < -0.39 is 0 Å². The lowest BCUT2D eigenvalue weighted by Gasteiger charge is -2.06. The fourth-order valence-corrected chi connectivity index (χ4v) is 1.85. The molecule has 1 amide bonds. The SMILES string of the molecule is C[C@@H]1C[C@H]1C(=O)NCc1ccccc1Cl. The van der Waals surface area contributed by atoms with Gasteiger partial charge in [-0.05, 0) is 24.0 Å². The number of benzene rings is 1. The first-order valence-corrected chi connectivity index (χ1v) is 5.57. The van der Waals surface area contributed by atoms with Crippen LogP contribution in [0.3, 0.4) is 0 Å². The summed E-state index contributed by atoms with van der Waals surface area (Å²) in [5.41, 5.74) is 0.973. The van der Waals surface area contributed by atoms with Crippen molar-refractivity contribution in [1.82, 2.24) is 5.32 Å². The minimum Gasteiger partial charge on any atom is -0.352 e. The molecule has 0 aliphatic heterocycles. The summed E-state index contributed by atoms with van der Waals surface area (Å²) in [6, 6.07) is 7.57. The highest BCUT2D eigenvalue weighted by atomic mass is 35.5. The van der Waals surface area contributed by atoms with E-state index in [4.69, 9.17) is 11.6 Å². The summed E-state index contributed by atoms with van der Waals surface area (Å²) in [4.78, 5) is 11.5. The van der Waals surface area contributed by atoms with Crippen LogP contribution in [-0.4, -0.2) is 5.91 Å². The van der Waals surface area contributed by atoms with Gasteiger partial charge in [-0.3, -0.25) is 4.79 Å². The molecule has 1 fully saturated rings. The van der Waals surface area contributed by atoms with Crippen LogP contribution in [0.5, 0.6) is 0 Å².